The number of hydrogen-bond acceptors (Lipinski definition) is 5. The van der Waals surface area contributed by atoms with E-state index in [0.717, 1.165) is 27.7 Å². The van der Waals surface area contributed by atoms with Crippen LogP contribution in [0.4, 0.5) is 0 Å². The van der Waals surface area contributed by atoms with Gasteiger partial charge in [-0.3, -0.25) is 0 Å². The summed E-state index contributed by atoms with van der Waals surface area (Å²) in [6.45, 7) is 3.71. The van der Waals surface area contributed by atoms with E-state index >= 15 is 0 Å². The molecule has 6 rings (SSSR count). The summed E-state index contributed by atoms with van der Waals surface area (Å²) in [7, 11) is 0. The second-order valence-electron chi connectivity index (χ2n) is 8.69. The van der Waals surface area contributed by atoms with Gasteiger partial charge in [0.2, 0.25) is 0 Å². The van der Waals surface area contributed by atoms with Crippen LogP contribution in [0.15, 0.2) is 88.2 Å². The first kappa shape index (κ1) is 21.1. The SMILES string of the molecule is Cc1noc(C)c1-c1cc(C(O)(c2ccccc2)c2ccc3ccccc3n2)c2[nH]c(=O)[nH]c2c1. The summed E-state index contributed by atoms with van der Waals surface area (Å²) in [5.41, 5.74) is 3.69. The molecule has 1 unspecified atom stereocenters. The highest BCUT2D eigenvalue weighted by atomic mass is 16.5. The van der Waals surface area contributed by atoms with Crippen LogP contribution in [0.5, 0.6) is 0 Å². The maximum Gasteiger partial charge on any atom is 0.323 e. The summed E-state index contributed by atoms with van der Waals surface area (Å²) in [5.74, 6) is 0.651. The van der Waals surface area contributed by atoms with Crippen molar-refractivity contribution in [3.8, 4) is 11.1 Å². The van der Waals surface area contributed by atoms with Crippen LogP contribution in [0, 0.1) is 13.8 Å². The minimum Gasteiger partial charge on any atom is -0.374 e. The smallest absolute Gasteiger partial charge is 0.323 e. The minimum absolute atomic E-state index is 0.362. The van der Waals surface area contributed by atoms with Crippen molar-refractivity contribution in [3.05, 3.63) is 118 Å². The van der Waals surface area contributed by atoms with Gasteiger partial charge in [-0.1, -0.05) is 59.8 Å². The number of aromatic nitrogens is 4. The lowest BCUT2D eigenvalue weighted by atomic mass is 9.81. The standard InChI is InChI=1S/C28H22N4O3/c1-16-25(17(2)35-32-16)19-14-21(26-23(15-19)30-27(33)31-26)28(34,20-9-4-3-5-10-20)24-13-12-18-8-6-7-11-22(18)29-24/h3-15,34H,1-2H3,(H2,30,31,33). The number of aromatic amines is 2. The van der Waals surface area contributed by atoms with Gasteiger partial charge in [0.15, 0.2) is 5.60 Å². The Kier molecular flexibility index (Phi) is 4.69. The normalized spacial score (nSPS) is 13.3. The van der Waals surface area contributed by atoms with Crippen LogP contribution in [0.1, 0.15) is 28.3 Å². The molecule has 0 spiro atoms. The molecule has 0 amide bonds. The first-order valence-corrected chi connectivity index (χ1v) is 11.3. The first-order chi connectivity index (χ1) is 16.9. The van der Waals surface area contributed by atoms with Crippen molar-refractivity contribution in [1.29, 1.82) is 0 Å². The van der Waals surface area contributed by atoms with Crippen LogP contribution < -0.4 is 5.69 Å². The van der Waals surface area contributed by atoms with Crippen LogP contribution in [0.3, 0.4) is 0 Å². The van der Waals surface area contributed by atoms with Crippen molar-refractivity contribution in [2.24, 2.45) is 0 Å². The van der Waals surface area contributed by atoms with Gasteiger partial charge in [-0.05, 0) is 49.2 Å². The molecule has 0 saturated heterocycles. The third-order valence-electron chi connectivity index (χ3n) is 6.50. The molecular weight excluding hydrogens is 440 g/mol. The Bertz CT molecular complexity index is 1740. The van der Waals surface area contributed by atoms with Crippen LogP contribution >= 0.6 is 0 Å². The minimum atomic E-state index is -1.66. The molecule has 6 aromatic rings. The van der Waals surface area contributed by atoms with Gasteiger partial charge in [-0.2, -0.15) is 0 Å². The van der Waals surface area contributed by atoms with E-state index in [2.05, 4.69) is 15.1 Å². The molecule has 3 heterocycles. The zero-order valence-electron chi connectivity index (χ0n) is 19.2. The Hall–Kier alpha value is -4.49. The van der Waals surface area contributed by atoms with Crippen molar-refractivity contribution in [2.45, 2.75) is 19.4 Å². The van der Waals surface area contributed by atoms with E-state index in [-0.39, 0.29) is 5.69 Å². The second kappa shape index (κ2) is 7.78. The van der Waals surface area contributed by atoms with Gasteiger partial charge in [0.1, 0.15) is 5.76 Å². The van der Waals surface area contributed by atoms with Crippen molar-refractivity contribution in [3.63, 3.8) is 0 Å². The van der Waals surface area contributed by atoms with E-state index in [1.54, 1.807) is 0 Å². The predicted molar refractivity (Wildman–Crippen MR) is 134 cm³/mol. The Morgan fingerprint density at radius 1 is 0.914 bits per heavy atom. The van der Waals surface area contributed by atoms with E-state index in [9.17, 15) is 9.90 Å². The Morgan fingerprint density at radius 2 is 1.69 bits per heavy atom. The van der Waals surface area contributed by atoms with Crippen LogP contribution in [0.2, 0.25) is 0 Å². The number of imidazole rings is 1. The molecule has 0 saturated carbocycles. The largest absolute Gasteiger partial charge is 0.374 e. The lowest BCUT2D eigenvalue weighted by Gasteiger charge is -2.30. The number of fused-ring (bicyclic) bond motifs is 2. The molecule has 7 heteroatoms. The fraction of sp³-hybridized carbons (Fsp3) is 0.107. The van der Waals surface area contributed by atoms with E-state index in [1.807, 2.05) is 92.7 Å². The van der Waals surface area contributed by atoms with Crippen molar-refractivity contribution >= 4 is 21.9 Å². The van der Waals surface area contributed by atoms with Gasteiger partial charge in [-0.15, -0.1) is 0 Å². The molecule has 3 aromatic carbocycles. The number of aryl methyl sites for hydroxylation is 2. The van der Waals surface area contributed by atoms with E-state index < -0.39 is 5.60 Å². The lowest BCUT2D eigenvalue weighted by Crippen LogP contribution is -2.30. The number of rotatable bonds is 4. The maximum absolute atomic E-state index is 12.6. The number of aliphatic hydroxyl groups is 1. The maximum atomic E-state index is 12.6. The third-order valence-corrected chi connectivity index (χ3v) is 6.50. The first-order valence-electron chi connectivity index (χ1n) is 11.3. The Balaban J connectivity index is 1.72. The fourth-order valence-corrected chi connectivity index (χ4v) is 4.86. The van der Waals surface area contributed by atoms with Gasteiger partial charge in [0.25, 0.3) is 0 Å². The molecule has 0 bridgehead atoms. The molecule has 0 aliphatic carbocycles. The van der Waals surface area contributed by atoms with Gasteiger partial charge >= 0.3 is 5.69 Å². The van der Waals surface area contributed by atoms with E-state index in [0.29, 0.717) is 33.6 Å². The van der Waals surface area contributed by atoms with Gasteiger partial charge in [0.05, 0.1) is 27.9 Å². The number of hydrogen-bond donors (Lipinski definition) is 3. The molecular formula is C28H22N4O3. The van der Waals surface area contributed by atoms with Crippen LogP contribution in [-0.2, 0) is 5.60 Å². The highest BCUT2D eigenvalue weighted by molar-refractivity contribution is 5.88. The van der Waals surface area contributed by atoms with Crippen molar-refractivity contribution in [1.82, 2.24) is 20.1 Å². The summed E-state index contributed by atoms with van der Waals surface area (Å²) in [4.78, 5) is 23.0. The molecule has 0 aliphatic heterocycles. The molecule has 1 atom stereocenters. The highest BCUT2D eigenvalue weighted by Gasteiger charge is 2.38. The number of para-hydroxylation sites is 1. The van der Waals surface area contributed by atoms with Crippen molar-refractivity contribution in [2.75, 3.05) is 0 Å². The third kappa shape index (κ3) is 3.28. The monoisotopic (exact) mass is 462 g/mol. The fourth-order valence-electron chi connectivity index (χ4n) is 4.86. The number of nitrogens with one attached hydrogen (secondary N) is 2. The Labute approximate surface area is 200 Å². The summed E-state index contributed by atoms with van der Waals surface area (Å²) in [5, 5.41) is 17.7. The zero-order chi connectivity index (χ0) is 24.2. The molecule has 0 radical (unpaired) electrons. The number of nitrogens with zero attached hydrogens (tertiary/aromatic N) is 2. The molecule has 7 nitrogen and oxygen atoms in total. The van der Waals surface area contributed by atoms with Crippen molar-refractivity contribution < 1.29 is 9.63 Å². The summed E-state index contributed by atoms with van der Waals surface area (Å²) < 4.78 is 5.41. The molecule has 3 N–H and O–H groups in total. The van der Waals surface area contributed by atoms with Gasteiger partial charge < -0.3 is 19.6 Å². The predicted octanol–water partition coefficient (Wildman–Crippen LogP) is 4.96. The molecule has 0 fully saturated rings. The molecule has 35 heavy (non-hydrogen) atoms. The highest BCUT2D eigenvalue weighted by Crippen LogP contribution is 2.41. The van der Waals surface area contributed by atoms with E-state index in [4.69, 9.17) is 9.51 Å². The summed E-state index contributed by atoms with van der Waals surface area (Å²) in [6.07, 6.45) is 0. The lowest BCUT2D eigenvalue weighted by molar-refractivity contribution is 0.122. The topological polar surface area (TPSA) is 108 Å². The van der Waals surface area contributed by atoms with Crippen LogP contribution in [0.25, 0.3) is 33.1 Å². The number of H-pyrrole nitrogens is 2. The average molecular weight is 463 g/mol. The molecule has 3 aromatic heterocycles. The average Bonchev–Trinajstić information content (AvgIpc) is 3.43. The summed E-state index contributed by atoms with van der Waals surface area (Å²) in [6, 6.07) is 24.6. The van der Waals surface area contributed by atoms with Crippen LogP contribution in [-0.4, -0.2) is 25.2 Å². The summed E-state index contributed by atoms with van der Waals surface area (Å²) >= 11 is 0. The number of benzene rings is 3. The quantitative estimate of drug-likeness (QED) is 0.343. The molecule has 172 valence electrons. The van der Waals surface area contributed by atoms with Gasteiger partial charge in [0, 0.05) is 16.5 Å². The molecule has 0 aliphatic rings. The van der Waals surface area contributed by atoms with Gasteiger partial charge in [-0.25, -0.2) is 9.78 Å². The second-order valence-corrected chi connectivity index (χ2v) is 8.69. The van der Waals surface area contributed by atoms with E-state index in [1.165, 1.54) is 0 Å². The Morgan fingerprint density at radius 3 is 2.46 bits per heavy atom. The zero-order valence-corrected chi connectivity index (χ0v) is 19.2. The number of pyridine rings is 1.